The topological polar surface area (TPSA) is 47.9 Å². The van der Waals surface area contributed by atoms with Crippen molar-refractivity contribution in [1.82, 2.24) is 0 Å². The monoisotopic (exact) mass is 654 g/mol. The Bertz CT molecular complexity index is 1230. The van der Waals surface area contributed by atoms with E-state index in [0.717, 1.165) is 44.1 Å². The zero-order valence-corrected chi connectivity index (χ0v) is 32.9. The van der Waals surface area contributed by atoms with Gasteiger partial charge < -0.3 is 18.7 Å². The molecule has 0 radical (unpaired) electrons. The van der Waals surface area contributed by atoms with Crippen LogP contribution in [0.1, 0.15) is 106 Å². The SMILES string of the molecule is CC(C)(C)[Si](C)(C)O[C@H]1CC[C@@]2(C)C(=C[C@@](O)(COCc3ccccc3)C3C2CC[C@@]2(C)C3CC[C@@H]2O[Si](C)(C)C(C)(C)C)C1. The first kappa shape index (κ1) is 35.5. The lowest BCUT2D eigenvalue weighted by Crippen LogP contribution is -2.62. The van der Waals surface area contributed by atoms with Crippen LogP contribution in [-0.4, -0.2) is 46.2 Å². The number of aliphatic hydroxyl groups is 1. The van der Waals surface area contributed by atoms with Gasteiger partial charge in [-0.3, -0.25) is 0 Å². The maximum absolute atomic E-state index is 13.0. The molecule has 5 rings (SSSR count). The fourth-order valence-electron chi connectivity index (χ4n) is 9.22. The first-order chi connectivity index (χ1) is 20.6. The molecular weight excluding hydrogens is 589 g/mol. The van der Waals surface area contributed by atoms with Gasteiger partial charge in [-0.1, -0.05) is 97.4 Å². The summed E-state index contributed by atoms with van der Waals surface area (Å²) in [6, 6.07) is 10.4. The van der Waals surface area contributed by atoms with Crippen LogP contribution in [0.5, 0.6) is 0 Å². The van der Waals surface area contributed by atoms with E-state index in [9.17, 15) is 5.11 Å². The van der Waals surface area contributed by atoms with Crippen molar-refractivity contribution in [2.24, 2.45) is 28.6 Å². The van der Waals surface area contributed by atoms with E-state index in [-0.39, 0.29) is 39.0 Å². The predicted octanol–water partition coefficient (Wildman–Crippen LogP) is 10.3. The molecule has 45 heavy (non-hydrogen) atoms. The third-order valence-electron chi connectivity index (χ3n) is 14.1. The Hall–Kier alpha value is -0.766. The molecule has 0 aliphatic heterocycles. The molecule has 4 nitrogen and oxygen atoms in total. The molecule has 0 saturated heterocycles. The predicted molar refractivity (Wildman–Crippen MR) is 192 cm³/mol. The summed E-state index contributed by atoms with van der Waals surface area (Å²) in [6.45, 7) is 29.6. The number of hydrogen-bond donors (Lipinski definition) is 1. The van der Waals surface area contributed by atoms with Crippen molar-refractivity contribution in [3.63, 3.8) is 0 Å². The average Bonchev–Trinajstić information content (AvgIpc) is 3.24. The van der Waals surface area contributed by atoms with E-state index in [1.54, 1.807) is 0 Å². The van der Waals surface area contributed by atoms with Crippen molar-refractivity contribution >= 4 is 16.6 Å². The molecule has 6 heteroatoms. The van der Waals surface area contributed by atoms with Gasteiger partial charge in [-0.15, -0.1) is 0 Å². The molecule has 4 aliphatic rings. The normalized spacial score (nSPS) is 37.4. The summed E-state index contributed by atoms with van der Waals surface area (Å²) in [5.74, 6) is 1.04. The molecule has 3 fully saturated rings. The smallest absolute Gasteiger partial charge is 0.192 e. The maximum atomic E-state index is 13.0. The number of rotatable bonds is 8. The van der Waals surface area contributed by atoms with Crippen molar-refractivity contribution in [1.29, 1.82) is 0 Å². The van der Waals surface area contributed by atoms with Crippen LogP contribution in [0.4, 0.5) is 0 Å². The minimum Gasteiger partial charge on any atom is -0.414 e. The fourth-order valence-corrected chi connectivity index (χ4v) is 12.1. The molecule has 0 heterocycles. The van der Waals surface area contributed by atoms with E-state index in [4.69, 9.17) is 13.6 Å². The number of hydrogen-bond acceptors (Lipinski definition) is 4. The molecule has 254 valence electrons. The Kier molecular flexibility index (Phi) is 9.46. The molecule has 0 spiro atoms. The van der Waals surface area contributed by atoms with Crippen molar-refractivity contribution in [2.45, 2.75) is 161 Å². The van der Waals surface area contributed by atoms with Crippen molar-refractivity contribution in [3.8, 4) is 0 Å². The van der Waals surface area contributed by atoms with Crippen LogP contribution in [0.15, 0.2) is 42.0 Å². The molecule has 3 saturated carbocycles. The average molecular weight is 655 g/mol. The second kappa shape index (κ2) is 12.0. The van der Waals surface area contributed by atoms with Crippen LogP contribution in [0, 0.1) is 28.6 Å². The molecule has 0 aromatic heterocycles. The zero-order valence-electron chi connectivity index (χ0n) is 30.9. The third kappa shape index (κ3) is 6.51. The van der Waals surface area contributed by atoms with Crippen LogP contribution in [0.2, 0.25) is 36.3 Å². The standard InChI is InChI=1S/C39H66O4Si2/c1-35(2,3)44(9,10)42-30-20-22-37(7)29(24-30)25-39(40,27-41-26-28-16-14-13-15-17-28)34-31-18-19-33(38(31,8)23-21-32(34)37)43-45(11,12)36(4,5)6/h13-17,25,30-34,40H,18-24,26-27H2,1-12H3/t30-,31?,32?,33-,34?,37-,38-,39+/m0/s1. The quantitative estimate of drug-likeness (QED) is 0.224. The highest BCUT2D eigenvalue weighted by Crippen LogP contribution is 2.67. The highest BCUT2D eigenvalue weighted by molar-refractivity contribution is 6.74. The fraction of sp³-hybridized carbons (Fsp3) is 0.795. The Labute approximate surface area is 278 Å². The van der Waals surface area contributed by atoms with Crippen molar-refractivity contribution in [2.75, 3.05) is 6.61 Å². The van der Waals surface area contributed by atoms with Crippen LogP contribution in [0.25, 0.3) is 0 Å². The number of benzene rings is 1. The van der Waals surface area contributed by atoms with Gasteiger partial charge in [0.15, 0.2) is 16.6 Å². The summed E-state index contributed by atoms with van der Waals surface area (Å²) in [5, 5.41) is 13.4. The lowest BCUT2D eigenvalue weighted by Gasteiger charge is -2.62. The summed E-state index contributed by atoms with van der Waals surface area (Å²) in [7, 11) is -3.82. The van der Waals surface area contributed by atoms with E-state index in [1.807, 2.05) is 6.07 Å². The minimum absolute atomic E-state index is 0.0778. The van der Waals surface area contributed by atoms with Crippen LogP contribution >= 0.6 is 0 Å². The molecule has 8 atom stereocenters. The first-order valence-corrected chi connectivity index (χ1v) is 23.9. The van der Waals surface area contributed by atoms with Gasteiger partial charge in [-0.05, 0) is 109 Å². The van der Waals surface area contributed by atoms with Gasteiger partial charge in [0.2, 0.25) is 0 Å². The molecule has 4 aliphatic carbocycles. The van der Waals surface area contributed by atoms with Crippen molar-refractivity contribution < 1.29 is 18.7 Å². The van der Waals surface area contributed by atoms with Gasteiger partial charge in [0.25, 0.3) is 0 Å². The zero-order chi connectivity index (χ0) is 33.3. The van der Waals surface area contributed by atoms with Gasteiger partial charge in [0.1, 0.15) is 5.60 Å². The Morgan fingerprint density at radius 3 is 2.04 bits per heavy atom. The minimum atomic E-state index is -1.92. The van der Waals surface area contributed by atoms with E-state index in [1.165, 1.54) is 12.0 Å². The van der Waals surface area contributed by atoms with Gasteiger partial charge in [0.05, 0.1) is 19.3 Å². The van der Waals surface area contributed by atoms with Gasteiger partial charge in [-0.2, -0.15) is 0 Å². The number of fused-ring (bicyclic) bond motifs is 5. The summed E-state index contributed by atoms with van der Waals surface area (Å²) < 4.78 is 20.7. The highest BCUT2D eigenvalue weighted by Gasteiger charge is 2.65. The summed E-state index contributed by atoms with van der Waals surface area (Å²) in [6.07, 6.45) is 10.6. The molecule has 1 aromatic rings. The van der Waals surface area contributed by atoms with Gasteiger partial charge in [-0.25, -0.2) is 0 Å². The van der Waals surface area contributed by atoms with Gasteiger partial charge in [0, 0.05) is 12.0 Å². The van der Waals surface area contributed by atoms with E-state index in [0.29, 0.717) is 25.0 Å². The largest absolute Gasteiger partial charge is 0.414 e. The van der Waals surface area contributed by atoms with E-state index in [2.05, 4.69) is 112 Å². The van der Waals surface area contributed by atoms with Crippen LogP contribution in [0.3, 0.4) is 0 Å². The Morgan fingerprint density at radius 1 is 0.800 bits per heavy atom. The second-order valence-electron chi connectivity index (χ2n) is 19.0. The summed E-state index contributed by atoms with van der Waals surface area (Å²) in [4.78, 5) is 0. The van der Waals surface area contributed by atoms with Crippen molar-refractivity contribution in [3.05, 3.63) is 47.5 Å². The summed E-state index contributed by atoms with van der Waals surface area (Å²) in [5.41, 5.74) is 1.77. The summed E-state index contributed by atoms with van der Waals surface area (Å²) >= 11 is 0. The maximum Gasteiger partial charge on any atom is 0.192 e. The molecule has 0 amide bonds. The lowest BCUT2D eigenvalue weighted by molar-refractivity contribution is -0.165. The van der Waals surface area contributed by atoms with E-state index < -0.39 is 22.2 Å². The Morgan fingerprint density at radius 2 is 1.42 bits per heavy atom. The lowest BCUT2D eigenvalue weighted by atomic mass is 9.45. The first-order valence-electron chi connectivity index (χ1n) is 18.0. The second-order valence-corrected chi connectivity index (χ2v) is 28.5. The molecule has 3 unspecified atom stereocenters. The van der Waals surface area contributed by atoms with Crippen LogP contribution < -0.4 is 0 Å². The molecule has 1 N–H and O–H groups in total. The third-order valence-corrected chi connectivity index (χ3v) is 23.1. The molecule has 1 aromatic carbocycles. The highest BCUT2D eigenvalue weighted by atomic mass is 28.4. The van der Waals surface area contributed by atoms with Gasteiger partial charge >= 0.3 is 0 Å². The number of ether oxygens (including phenoxy) is 1. The molecular formula is C39H66O4Si2. The van der Waals surface area contributed by atoms with Crippen LogP contribution in [-0.2, 0) is 20.2 Å². The Balaban J connectivity index is 1.47. The van der Waals surface area contributed by atoms with E-state index >= 15 is 0 Å². The molecule has 0 bridgehead atoms.